The molecule has 0 aromatic heterocycles. The zero-order valence-electron chi connectivity index (χ0n) is 18.0. The van der Waals surface area contributed by atoms with Crippen molar-refractivity contribution in [1.82, 2.24) is 4.90 Å². The van der Waals surface area contributed by atoms with E-state index in [1.807, 2.05) is 20.8 Å². The van der Waals surface area contributed by atoms with Crippen molar-refractivity contribution in [2.45, 2.75) is 26.4 Å². The number of anilines is 1. The maximum atomic E-state index is 12.3. The van der Waals surface area contributed by atoms with Crippen LogP contribution < -0.4 is 20.5 Å². The van der Waals surface area contributed by atoms with E-state index in [-0.39, 0.29) is 29.9 Å². The SMILES string of the molecule is COCCN(CCN=C(N)Nc1ccc(OC)c(OC)c1)C(=O)OC(C)(C)C.I. The molecule has 0 aliphatic rings. The second-order valence-corrected chi connectivity index (χ2v) is 6.92. The number of methoxy groups -OCH3 is 3. The molecule has 0 radical (unpaired) electrons. The van der Waals surface area contributed by atoms with Crippen LogP contribution in [0.2, 0.25) is 0 Å². The zero-order valence-corrected chi connectivity index (χ0v) is 20.3. The Kier molecular flexibility index (Phi) is 12.4. The lowest BCUT2D eigenvalue weighted by Crippen LogP contribution is -2.40. The van der Waals surface area contributed by atoms with Crippen molar-refractivity contribution in [3.05, 3.63) is 18.2 Å². The summed E-state index contributed by atoms with van der Waals surface area (Å²) in [6.45, 7) is 6.95. The Morgan fingerprint density at radius 3 is 2.34 bits per heavy atom. The summed E-state index contributed by atoms with van der Waals surface area (Å²) in [4.78, 5) is 18.1. The van der Waals surface area contributed by atoms with Gasteiger partial charge in [-0.1, -0.05) is 0 Å². The minimum atomic E-state index is -0.570. The topological polar surface area (TPSA) is 108 Å². The molecule has 1 amide bonds. The lowest BCUT2D eigenvalue weighted by molar-refractivity contribution is 0.0208. The van der Waals surface area contributed by atoms with Gasteiger partial charge >= 0.3 is 6.09 Å². The Labute approximate surface area is 189 Å². The van der Waals surface area contributed by atoms with Gasteiger partial charge in [0.25, 0.3) is 0 Å². The minimum Gasteiger partial charge on any atom is -0.493 e. The molecule has 0 bridgehead atoms. The average Bonchev–Trinajstić information content (AvgIpc) is 2.62. The van der Waals surface area contributed by atoms with Crippen LogP contribution in [0.15, 0.2) is 23.2 Å². The molecule has 0 saturated heterocycles. The number of nitrogens with zero attached hydrogens (tertiary/aromatic N) is 2. The van der Waals surface area contributed by atoms with Crippen LogP contribution in [-0.4, -0.2) is 70.1 Å². The van der Waals surface area contributed by atoms with Crippen LogP contribution in [0.1, 0.15) is 20.8 Å². The van der Waals surface area contributed by atoms with Gasteiger partial charge in [-0.2, -0.15) is 0 Å². The Hall–Kier alpha value is -1.95. The molecular weight excluding hydrogens is 491 g/mol. The van der Waals surface area contributed by atoms with Gasteiger partial charge in [-0.3, -0.25) is 4.99 Å². The lowest BCUT2D eigenvalue weighted by atomic mass is 10.2. The smallest absolute Gasteiger partial charge is 0.410 e. The number of guanidine groups is 1. The van der Waals surface area contributed by atoms with Gasteiger partial charge in [-0.15, -0.1) is 24.0 Å². The Morgan fingerprint density at radius 2 is 1.79 bits per heavy atom. The molecule has 0 fully saturated rings. The summed E-state index contributed by atoms with van der Waals surface area (Å²) in [5.74, 6) is 1.42. The lowest BCUT2D eigenvalue weighted by Gasteiger charge is -2.26. The van der Waals surface area contributed by atoms with Crippen molar-refractivity contribution in [2.75, 3.05) is 52.9 Å². The fourth-order valence-corrected chi connectivity index (χ4v) is 2.21. The van der Waals surface area contributed by atoms with Crippen LogP contribution in [0.5, 0.6) is 11.5 Å². The normalized spacial score (nSPS) is 11.3. The van der Waals surface area contributed by atoms with E-state index in [1.54, 1.807) is 44.4 Å². The third-order valence-electron chi connectivity index (χ3n) is 3.53. The number of rotatable bonds is 9. The molecule has 166 valence electrons. The average molecular weight is 524 g/mol. The number of amides is 1. The van der Waals surface area contributed by atoms with Crippen LogP contribution in [-0.2, 0) is 9.47 Å². The van der Waals surface area contributed by atoms with Crippen molar-refractivity contribution in [2.24, 2.45) is 10.7 Å². The van der Waals surface area contributed by atoms with Gasteiger partial charge in [0, 0.05) is 32.0 Å². The van der Waals surface area contributed by atoms with E-state index in [0.29, 0.717) is 43.4 Å². The quantitative estimate of drug-likeness (QED) is 0.291. The summed E-state index contributed by atoms with van der Waals surface area (Å²) in [6.07, 6.45) is -0.411. The van der Waals surface area contributed by atoms with E-state index in [2.05, 4.69) is 10.3 Å². The Balaban J connectivity index is 0.00000784. The molecule has 10 heteroatoms. The fraction of sp³-hybridized carbons (Fsp3) is 0.579. The largest absolute Gasteiger partial charge is 0.493 e. The highest BCUT2D eigenvalue weighted by Crippen LogP contribution is 2.29. The number of ether oxygens (including phenoxy) is 4. The van der Waals surface area contributed by atoms with Gasteiger partial charge in [0.15, 0.2) is 17.5 Å². The van der Waals surface area contributed by atoms with Gasteiger partial charge in [-0.25, -0.2) is 4.79 Å². The predicted molar refractivity (Wildman–Crippen MR) is 125 cm³/mol. The molecule has 0 aliphatic carbocycles. The number of benzene rings is 1. The molecule has 29 heavy (non-hydrogen) atoms. The Bertz CT molecular complexity index is 664. The highest BCUT2D eigenvalue weighted by molar-refractivity contribution is 14.0. The van der Waals surface area contributed by atoms with Gasteiger partial charge < -0.3 is 34.9 Å². The number of hydrogen-bond donors (Lipinski definition) is 2. The standard InChI is InChI=1S/C19H32N4O5.HI/c1-19(2,3)28-18(24)23(11-12-25-4)10-9-21-17(20)22-14-7-8-15(26-5)16(13-14)27-6;/h7-8,13H,9-12H2,1-6H3,(H3,20,21,22);1H. The second kappa shape index (κ2) is 13.3. The van der Waals surface area contributed by atoms with Crippen LogP contribution in [0, 0.1) is 0 Å². The first-order valence-electron chi connectivity index (χ1n) is 8.96. The van der Waals surface area contributed by atoms with Crippen LogP contribution >= 0.6 is 24.0 Å². The van der Waals surface area contributed by atoms with Crippen molar-refractivity contribution in [3.8, 4) is 11.5 Å². The van der Waals surface area contributed by atoms with E-state index in [9.17, 15) is 4.79 Å². The van der Waals surface area contributed by atoms with Crippen LogP contribution in [0.4, 0.5) is 10.5 Å². The molecular formula is C19H33IN4O5. The molecule has 1 rings (SSSR count). The molecule has 1 aromatic carbocycles. The Morgan fingerprint density at radius 1 is 1.14 bits per heavy atom. The molecule has 1 aromatic rings. The monoisotopic (exact) mass is 524 g/mol. The highest BCUT2D eigenvalue weighted by atomic mass is 127. The van der Waals surface area contributed by atoms with E-state index < -0.39 is 11.7 Å². The van der Waals surface area contributed by atoms with Crippen molar-refractivity contribution in [3.63, 3.8) is 0 Å². The van der Waals surface area contributed by atoms with Gasteiger partial charge in [0.2, 0.25) is 0 Å². The van der Waals surface area contributed by atoms with Crippen LogP contribution in [0.25, 0.3) is 0 Å². The summed E-state index contributed by atoms with van der Waals surface area (Å²) in [5.41, 5.74) is 6.08. The number of aliphatic imine (C=N–C) groups is 1. The highest BCUT2D eigenvalue weighted by Gasteiger charge is 2.21. The molecule has 0 spiro atoms. The van der Waals surface area contributed by atoms with Crippen molar-refractivity contribution in [1.29, 1.82) is 0 Å². The van der Waals surface area contributed by atoms with Crippen molar-refractivity contribution < 1.29 is 23.7 Å². The molecule has 0 unspecified atom stereocenters. The van der Waals surface area contributed by atoms with Gasteiger partial charge in [0.1, 0.15) is 5.60 Å². The fourth-order valence-electron chi connectivity index (χ4n) is 2.21. The van der Waals surface area contributed by atoms with Crippen LogP contribution in [0.3, 0.4) is 0 Å². The maximum absolute atomic E-state index is 12.3. The van der Waals surface area contributed by atoms with E-state index in [1.165, 1.54) is 0 Å². The number of carbonyl (C=O) groups is 1. The number of hydrogen-bond acceptors (Lipinski definition) is 6. The first kappa shape index (κ1) is 27.0. The summed E-state index contributed by atoms with van der Waals surface area (Å²) in [7, 11) is 4.71. The first-order valence-corrected chi connectivity index (χ1v) is 8.96. The molecule has 0 heterocycles. The zero-order chi connectivity index (χ0) is 21.2. The number of nitrogens with one attached hydrogen (secondary N) is 1. The van der Waals surface area contributed by atoms with E-state index in [0.717, 1.165) is 0 Å². The predicted octanol–water partition coefficient (Wildman–Crippen LogP) is 2.93. The molecule has 0 saturated carbocycles. The molecule has 3 N–H and O–H groups in total. The van der Waals surface area contributed by atoms with Gasteiger partial charge in [0.05, 0.1) is 27.4 Å². The summed E-state index contributed by atoms with van der Waals surface area (Å²) in [5, 5.41) is 2.99. The third-order valence-corrected chi connectivity index (χ3v) is 3.53. The molecule has 0 atom stereocenters. The second-order valence-electron chi connectivity index (χ2n) is 6.92. The third kappa shape index (κ3) is 10.4. The first-order chi connectivity index (χ1) is 13.2. The number of nitrogens with two attached hydrogens (primary N) is 1. The van der Waals surface area contributed by atoms with E-state index >= 15 is 0 Å². The van der Waals surface area contributed by atoms with E-state index in [4.69, 9.17) is 24.7 Å². The maximum Gasteiger partial charge on any atom is 0.410 e. The summed E-state index contributed by atoms with van der Waals surface area (Å²) in [6, 6.07) is 5.32. The summed E-state index contributed by atoms with van der Waals surface area (Å²) < 4.78 is 20.9. The molecule has 9 nitrogen and oxygen atoms in total. The number of halogens is 1. The minimum absolute atomic E-state index is 0. The number of carbonyl (C=O) groups excluding carboxylic acids is 1. The molecule has 0 aliphatic heterocycles. The summed E-state index contributed by atoms with van der Waals surface area (Å²) >= 11 is 0. The van der Waals surface area contributed by atoms with Gasteiger partial charge in [-0.05, 0) is 32.9 Å². The van der Waals surface area contributed by atoms with Crippen molar-refractivity contribution >= 4 is 41.7 Å².